The van der Waals surface area contributed by atoms with Crippen molar-refractivity contribution in [2.24, 2.45) is 0 Å². The third kappa shape index (κ3) is 3.48. The smallest absolute Gasteiger partial charge is 0.314 e. The molecule has 2 rings (SSSR count). The fraction of sp³-hybridized carbons (Fsp3) is 0.600. The Kier molecular flexibility index (Phi) is 5.57. The lowest BCUT2D eigenvalue weighted by Crippen LogP contribution is -2.41. The lowest BCUT2D eigenvalue weighted by Gasteiger charge is -2.28. The third-order valence-electron chi connectivity index (χ3n) is 4.06. The van der Waals surface area contributed by atoms with E-state index in [1.54, 1.807) is 6.07 Å². The molecule has 1 aromatic rings. The number of hydrogen-bond acceptors (Lipinski definition) is 6. The lowest BCUT2D eigenvalue weighted by atomic mass is 9.92. The molecule has 0 aliphatic heterocycles. The highest BCUT2D eigenvalue weighted by molar-refractivity contribution is 5.59. The van der Waals surface area contributed by atoms with E-state index in [-0.39, 0.29) is 23.6 Å². The van der Waals surface area contributed by atoms with Crippen LogP contribution in [0.3, 0.4) is 0 Å². The van der Waals surface area contributed by atoms with Gasteiger partial charge in [-0.05, 0) is 18.9 Å². The first kappa shape index (κ1) is 16.5. The Labute approximate surface area is 129 Å². The van der Waals surface area contributed by atoms with Gasteiger partial charge in [0.15, 0.2) is 5.75 Å². The first-order valence-corrected chi connectivity index (χ1v) is 7.38. The predicted molar refractivity (Wildman–Crippen MR) is 81.3 cm³/mol. The molecule has 0 spiro atoms. The van der Waals surface area contributed by atoms with E-state index in [1.165, 1.54) is 20.3 Å². The fourth-order valence-electron chi connectivity index (χ4n) is 2.89. The van der Waals surface area contributed by atoms with Gasteiger partial charge in [0, 0.05) is 24.2 Å². The quantitative estimate of drug-likeness (QED) is 0.616. The highest BCUT2D eigenvalue weighted by atomic mass is 16.6. The summed E-state index contributed by atoms with van der Waals surface area (Å²) in [6.45, 7) is 0.458. The van der Waals surface area contributed by atoms with Crippen molar-refractivity contribution in [3.05, 3.63) is 27.8 Å². The van der Waals surface area contributed by atoms with E-state index in [9.17, 15) is 15.2 Å². The average molecular weight is 310 g/mol. The molecule has 122 valence electrons. The minimum absolute atomic E-state index is 0.0413. The monoisotopic (exact) mass is 310 g/mol. The molecule has 7 heteroatoms. The van der Waals surface area contributed by atoms with Crippen LogP contribution in [0.1, 0.15) is 31.2 Å². The molecule has 0 aromatic heterocycles. The second-order valence-electron chi connectivity index (χ2n) is 5.41. The molecule has 2 unspecified atom stereocenters. The Bertz CT molecular complexity index is 535. The molecular weight excluding hydrogens is 288 g/mol. The van der Waals surface area contributed by atoms with Crippen molar-refractivity contribution in [3.63, 3.8) is 0 Å². The largest absolute Gasteiger partial charge is 0.492 e. The molecule has 22 heavy (non-hydrogen) atoms. The highest BCUT2D eigenvalue weighted by Crippen LogP contribution is 2.39. The molecule has 1 fully saturated rings. The molecule has 1 aliphatic rings. The van der Waals surface area contributed by atoms with Crippen molar-refractivity contribution >= 4 is 5.69 Å². The van der Waals surface area contributed by atoms with Crippen molar-refractivity contribution < 1.29 is 19.5 Å². The molecule has 0 heterocycles. The van der Waals surface area contributed by atoms with E-state index in [2.05, 4.69) is 5.32 Å². The molecule has 0 bridgehead atoms. The van der Waals surface area contributed by atoms with Crippen molar-refractivity contribution in [2.75, 3.05) is 14.2 Å². The molecule has 1 aromatic carbocycles. The summed E-state index contributed by atoms with van der Waals surface area (Å²) in [5.41, 5.74) is 0.642. The Morgan fingerprint density at radius 3 is 2.55 bits per heavy atom. The van der Waals surface area contributed by atoms with Crippen LogP contribution in [0.2, 0.25) is 0 Å². The maximum Gasteiger partial charge on any atom is 0.314 e. The SMILES string of the molecule is COc1c(CNC2CCCCC2O)ccc([N+](=O)[O-])c1OC. The van der Waals surface area contributed by atoms with Gasteiger partial charge in [0.1, 0.15) is 0 Å². The summed E-state index contributed by atoms with van der Waals surface area (Å²) in [5.74, 6) is 0.477. The molecule has 1 aliphatic carbocycles. The number of rotatable bonds is 6. The van der Waals surface area contributed by atoms with E-state index in [4.69, 9.17) is 9.47 Å². The number of aliphatic hydroxyl groups excluding tert-OH is 1. The van der Waals surface area contributed by atoms with Gasteiger partial charge in [0.25, 0.3) is 0 Å². The fourth-order valence-corrected chi connectivity index (χ4v) is 2.89. The standard InChI is InChI=1S/C15H22N2O5/c1-21-14-10(7-8-12(17(19)20)15(14)22-2)9-16-11-5-3-4-6-13(11)18/h7-8,11,13,16,18H,3-6,9H2,1-2H3. The number of nitrogens with zero attached hydrogens (tertiary/aromatic N) is 1. The predicted octanol–water partition coefficient (Wildman–Crippen LogP) is 2.01. The summed E-state index contributed by atoms with van der Waals surface area (Å²) in [6, 6.07) is 3.11. The topological polar surface area (TPSA) is 93.9 Å². The van der Waals surface area contributed by atoms with Crippen LogP contribution >= 0.6 is 0 Å². The number of nitrogens with one attached hydrogen (secondary N) is 1. The number of aliphatic hydroxyl groups is 1. The third-order valence-corrected chi connectivity index (χ3v) is 4.06. The lowest BCUT2D eigenvalue weighted by molar-refractivity contribution is -0.385. The van der Waals surface area contributed by atoms with Gasteiger partial charge >= 0.3 is 5.69 Å². The van der Waals surface area contributed by atoms with Crippen LogP contribution in [0.4, 0.5) is 5.69 Å². The zero-order valence-corrected chi connectivity index (χ0v) is 12.9. The Morgan fingerprint density at radius 1 is 1.27 bits per heavy atom. The second kappa shape index (κ2) is 7.42. The van der Waals surface area contributed by atoms with Gasteiger partial charge in [0.05, 0.1) is 25.2 Å². The van der Waals surface area contributed by atoms with Crippen LogP contribution < -0.4 is 14.8 Å². The highest BCUT2D eigenvalue weighted by Gasteiger charge is 2.25. The molecular formula is C15H22N2O5. The molecule has 7 nitrogen and oxygen atoms in total. The van der Waals surface area contributed by atoms with Gasteiger partial charge in [0.2, 0.25) is 5.75 Å². The van der Waals surface area contributed by atoms with E-state index in [0.717, 1.165) is 31.2 Å². The van der Waals surface area contributed by atoms with Gasteiger partial charge in [-0.15, -0.1) is 0 Å². The minimum Gasteiger partial charge on any atom is -0.492 e. The molecule has 0 radical (unpaired) electrons. The first-order valence-electron chi connectivity index (χ1n) is 7.38. The van der Waals surface area contributed by atoms with Gasteiger partial charge in [-0.3, -0.25) is 10.1 Å². The number of nitro groups is 1. The van der Waals surface area contributed by atoms with Crippen molar-refractivity contribution in [1.82, 2.24) is 5.32 Å². The van der Waals surface area contributed by atoms with Crippen LogP contribution in [0.15, 0.2) is 12.1 Å². The van der Waals surface area contributed by atoms with Crippen molar-refractivity contribution in [1.29, 1.82) is 0 Å². The maximum atomic E-state index is 11.0. The van der Waals surface area contributed by atoms with Crippen molar-refractivity contribution in [3.8, 4) is 11.5 Å². The maximum absolute atomic E-state index is 11.0. The summed E-state index contributed by atoms with van der Waals surface area (Å²) in [5, 5.41) is 24.3. The van der Waals surface area contributed by atoms with Crippen LogP contribution in [-0.2, 0) is 6.54 Å². The Hall–Kier alpha value is -1.86. The number of methoxy groups -OCH3 is 2. The van der Waals surface area contributed by atoms with E-state index >= 15 is 0 Å². The van der Waals surface area contributed by atoms with E-state index < -0.39 is 4.92 Å². The van der Waals surface area contributed by atoms with Gasteiger partial charge in [-0.1, -0.05) is 12.8 Å². The Morgan fingerprint density at radius 2 is 1.95 bits per heavy atom. The summed E-state index contributed by atoms with van der Waals surface area (Å²) in [4.78, 5) is 10.5. The number of benzene rings is 1. The first-order chi connectivity index (χ1) is 10.6. The summed E-state index contributed by atoms with van der Waals surface area (Å²) in [7, 11) is 2.84. The normalized spacial score (nSPS) is 21.4. The Balaban J connectivity index is 2.18. The van der Waals surface area contributed by atoms with Crippen LogP contribution in [0.5, 0.6) is 11.5 Å². The zero-order valence-electron chi connectivity index (χ0n) is 12.9. The summed E-state index contributed by atoms with van der Waals surface area (Å²) < 4.78 is 10.4. The minimum atomic E-state index is -0.497. The van der Waals surface area contributed by atoms with E-state index in [1.807, 2.05) is 0 Å². The second-order valence-corrected chi connectivity index (χ2v) is 5.41. The van der Waals surface area contributed by atoms with Crippen molar-refractivity contribution in [2.45, 2.75) is 44.4 Å². The van der Waals surface area contributed by atoms with Gasteiger partial charge < -0.3 is 19.9 Å². The number of hydrogen-bond donors (Lipinski definition) is 2. The molecule has 2 atom stereocenters. The molecule has 0 amide bonds. The van der Waals surface area contributed by atoms with Gasteiger partial charge in [-0.25, -0.2) is 0 Å². The molecule has 1 saturated carbocycles. The van der Waals surface area contributed by atoms with Gasteiger partial charge in [-0.2, -0.15) is 0 Å². The van der Waals surface area contributed by atoms with Crippen LogP contribution in [0, 0.1) is 10.1 Å². The number of nitro benzene ring substituents is 1. The summed E-state index contributed by atoms with van der Waals surface area (Å²) >= 11 is 0. The van der Waals surface area contributed by atoms with E-state index in [0.29, 0.717) is 12.3 Å². The molecule has 2 N–H and O–H groups in total. The number of ether oxygens (including phenoxy) is 2. The zero-order chi connectivity index (χ0) is 16.1. The van der Waals surface area contributed by atoms with Crippen LogP contribution in [-0.4, -0.2) is 36.4 Å². The van der Waals surface area contributed by atoms with Crippen LogP contribution in [0.25, 0.3) is 0 Å². The summed E-state index contributed by atoms with van der Waals surface area (Å²) in [6.07, 6.45) is 3.52. The molecule has 0 saturated heterocycles. The average Bonchev–Trinajstić information content (AvgIpc) is 2.52.